The molecule has 0 atom stereocenters. The number of aromatic amines is 1. The number of para-hydroxylation sites is 1. The molecule has 0 saturated carbocycles. The van der Waals surface area contributed by atoms with Gasteiger partial charge >= 0.3 is 0 Å². The van der Waals surface area contributed by atoms with E-state index in [2.05, 4.69) is 35.3 Å². The molecule has 94 valence electrons. The highest BCUT2D eigenvalue weighted by atomic mass is 16.6. The molecule has 2 heterocycles. The molecule has 0 aliphatic carbocycles. The van der Waals surface area contributed by atoms with Gasteiger partial charge < -0.3 is 14.5 Å². The normalized spacial score (nSPS) is 13.7. The third-order valence-electron chi connectivity index (χ3n) is 3.44. The molecule has 4 rings (SSSR count). The Morgan fingerprint density at radius 3 is 2.74 bits per heavy atom. The van der Waals surface area contributed by atoms with Gasteiger partial charge in [0, 0.05) is 11.8 Å². The first-order valence-corrected chi connectivity index (χ1v) is 6.38. The maximum Gasteiger partial charge on any atom is 0.161 e. The number of ether oxygens (including phenoxy) is 2. The minimum absolute atomic E-state index is 0.614. The number of fused-ring (bicyclic) bond motifs is 2. The van der Waals surface area contributed by atoms with E-state index in [1.165, 1.54) is 10.9 Å². The van der Waals surface area contributed by atoms with E-state index in [0.29, 0.717) is 13.2 Å². The summed E-state index contributed by atoms with van der Waals surface area (Å²) in [7, 11) is 0. The Bertz CT molecular complexity index is 745. The second-order valence-electron chi connectivity index (χ2n) is 4.61. The van der Waals surface area contributed by atoms with Gasteiger partial charge in [0.2, 0.25) is 0 Å². The Kier molecular flexibility index (Phi) is 2.24. The van der Waals surface area contributed by atoms with Gasteiger partial charge in [0.1, 0.15) is 13.2 Å². The van der Waals surface area contributed by atoms with Crippen LogP contribution in [0.5, 0.6) is 11.5 Å². The van der Waals surface area contributed by atoms with Crippen molar-refractivity contribution in [2.45, 2.75) is 0 Å². The van der Waals surface area contributed by atoms with Crippen LogP contribution in [-0.2, 0) is 0 Å². The lowest BCUT2D eigenvalue weighted by molar-refractivity contribution is 0.171. The maximum atomic E-state index is 5.64. The SMILES string of the molecule is c1cc(-c2ccc3c(c2)OCCO3)c2[nH]ccc2c1. The number of aromatic nitrogens is 1. The molecule has 0 saturated heterocycles. The molecule has 0 unspecified atom stereocenters. The van der Waals surface area contributed by atoms with Crippen LogP contribution >= 0.6 is 0 Å². The van der Waals surface area contributed by atoms with E-state index in [0.717, 1.165) is 22.6 Å². The van der Waals surface area contributed by atoms with Gasteiger partial charge in [-0.05, 0) is 29.1 Å². The zero-order chi connectivity index (χ0) is 12.7. The zero-order valence-electron chi connectivity index (χ0n) is 10.3. The predicted molar refractivity (Wildman–Crippen MR) is 74.7 cm³/mol. The molecular weight excluding hydrogens is 238 g/mol. The molecule has 0 radical (unpaired) electrons. The summed E-state index contributed by atoms with van der Waals surface area (Å²) < 4.78 is 11.2. The largest absolute Gasteiger partial charge is 0.486 e. The summed E-state index contributed by atoms with van der Waals surface area (Å²) in [6.45, 7) is 1.24. The topological polar surface area (TPSA) is 34.2 Å². The third kappa shape index (κ3) is 1.66. The molecule has 3 heteroatoms. The van der Waals surface area contributed by atoms with E-state index >= 15 is 0 Å². The smallest absolute Gasteiger partial charge is 0.161 e. The van der Waals surface area contributed by atoms with E-state index in [-0.39, 0.29) is 0 Å². The number of H-pyrrole nitrogens is 1. The van der Waals surface area contributed by atoms with E-state index in [1.54, 1.807) is 0 Å². The number of nitrogens with one attached hydrogen (secondary N) is 1. The second-order valence-corrected chi connectivity index (χ2v) is 4.61. The fourth-order valence-corrected chi connectivity index (χ4v) is 2.54. The monoisotopic (exact) mass is 251 g/mol. The molecule has 3 nitrogen and oxygen atoms in total. The highest BCUT2D eigenvalue weighted by molar-refractivity contribution is 5.94. The van der Waals surface area contributed by atoms with Crippen LogP contribution < -0.4 is 9.47 Å². The molecule has 19 heavy (non-hydrogen) atoms. The lowest BCUT2D eigenvalue weighted by Gasteiger charge is -2.19. The summed E-state index contributed by atoms with van der Waals surface area (Å²) in [6.07, 6.45) is 1.96. The van der Waals surface area contributed by atoms with Crippen molar-refractivity contribution in [1.82, 2.24) is 4.98 Å². The predicted octanol–water partition coefficient (Wildman–Crippen LogP) is 3.61. The van der Waals surface area contributed by atoms with Crippen LogP contribution in [0.1, 0.15) is 0 Å². The van der Waals surface area contributed by atoms with Crippen LogP contribution in [0.2, 0.25) is 0 Å². The highest BCUT2D eigenvalue weighted by Crippen LogP contribution is 2.36. The van der Waals surface area contributed by atoms with Crippen LogP contribution in [0.4, 0.5) is 0 Å². The molecule has 0 fully saturated rings. The van der Waals surface area contributed by atoms with Crippen LogP contribution in [0.3, 0.4) is 0 Å². The highest BCUT2D eigenvalue weighted by Gasteiger charge is 2.13. The van der Waals surface area contributed by atoms with Crippen molar-refractivity contribution in [2.24, 2.45) is 0 Å². The number of benzene rings is 2. The van der Waals surface area contributed by atoms with Crippen molar-refractivity contribution in [2.75, 3.05) is 13.2 Å². The van der Waals surface area contributed by atoms with Crippen molar-refractivity contribution in [3.63, 3.8) is 0 Å². The Hall–Kier alpha value is -2.42. The average Bonchev–Trinajstić information content (AvgIpc) is 2.95. The van der Waals surface area contributed by atoms with Crippen molar-refractivity contribution >= 4 is 10.9 Å². The Labute approximate surface area is 110 Å². The van der Waals surface area contributed by atoms with Gasteiger partial charge in [0.05, 0.1) is 5.52 Å². The molecule has 3 aromatic rings. The molecule has 0 bridgehead atoms. The van der Waals surface area contributed by atoms with Gasteiger partial charge in [0.25, 0.3) is 0 Å². The van der Waals surface area contributed by atoms with Crippen molar-refractivity contribution in [1.29, 1.82) is 0 Å². The summed E-state index contributed by atoms with van der Waals surface area (Å²) in [5.74, 6) is 1.65. The summed E-state index contributed by atoms with van der Waals surface area (Å²) in [5.41, 5.74) is 3.47. The minimum atomic E-state index is 0.614. The van der Waals surface area contributed by atoms with E-state index < -0.39 is 0 Å². The lowest BCUT2D eigenvalue weighted by Crippen LogP contribution is -2.15. The Morgan fingerprint density at radius 2 is 1.79 bits per heavy atom. The van der Waals surface area contributed by atoms with E-state index in [9.17, 15) is 0 Å². The number of rotatable bonds is 1. The minimum Gasteiger partial charge on any atom is -0.486 e. The summed E-state index contributed by atoms with van der Waals surface area (Å²) >= 11 is 0. The molecule has 1 aliphatic heterocycles. The zero-order valence-corrected chi connectivity index (χ0v) is 10.3. The van der Waals surface area contributed by atoms with E-state index in [4.69, 9.17) is 9.47 Å². The van der Waals surface area contributed by atoms with Gasteiger partial charge in [-0.2, -0.15) is 0 Å². The molecule has 0 spiro atoms. The Balaban J connectivity index is 1.90. The molecule has 2 aromatic carbocycles. The van der Waals surface area contributed by atoms with Crippen LogP contribution in [0, 0.1) is 0 Å². The maximum absolute atomic E-state index is 5.64. The third-order valence-corrected chi connectivity index (χ3v) is 3.44. The average molecular weight is 251 g/mol. The van der Waals surface area contributed by atoms with Crippen LogP contribution in [0.25, 0.3) is 22.0 Å². The van der Waals surface area contributed by atoms with Crippen LogP contribution in [-0.4, -0.2) is 18.2 Å². The van der Waals surface area contributed by atoms with Gasteiger partial charge in [0.15, 0.2) is 11.5 Å². The van der Waals surface area contributed by atoms with Crippen LogP contribution in [0.15, 0.2) is 48.7 Å². The van der Waals surface area contributed by atoms with Crippen molar-refractivity contribution in [3.05, 3.63) is 48.7 Å². The molecule has 1 aliphatic rings. The Morgan fingerprint density at radius 1 is 0.895 bits per heavy atom. The van der Waals surface area contributed by atoms with Gasteiger partial charge in [-0.1, -0.05) is 24.3 Å². The standard InChI is InChI=1S/C16H13NO2/c1-2-11-6-7-17-16(11)13(3-1)12-4-5-14-15(10-12)19-9-8-18-14/h1-7,10,17H,8-9H2. The first kappa shape index (κ1) is 10.5. The van der Waals surface area contributed by atoms with Gasteiger partial charge in [-0.15, -0.1) is 0 Å². The lowest BCUT2D eigenvalue weighted by atomic mass is 10.0. The second kappa shape index (κ2) is 4.05. The fraction of sp³-hybridized carbons (Fsp3) is 0.125. The van der Waals surface area contributed by atoms with Crippen molar-refractivity contribution in [3.8, 4) is 22.6 Å². The van der Waals surface area contributed by atoms with Gasteiger partial charge in [-0.3, -0.25) is 0 Å². The summed E-state index contributed by atoms with van der Waals surface area (Å²) in [5, 5.41) is 1.22. The molecular formula is C16H13NO2. The summed E-state index contributed by atoms with van der Waals surface area (Å²) in [4.78, 5) is 3.29. The molecule has 1 aromatic heterocycles. The van der Waals surface area contributed by atoms with Gasteiger partial charge in [-0.25, -0.2) is 0 Å². The first-order valence-electron chi connectivity index (χ1n) is 6.38. The number of hydrogen-bond donors (Lipinski definition) is 1. The first-order chi connectivity index (χ1) is 9.42. The molecule has 0 amide bonds. The fourth-order valence-electron chi connectivity index (χ4n) is 2.54. The van der Waals surface area contributed by atoms with Crippen molar-refractivity contribution < 1.29 is 9.47 Å². The molecule has 1 N–H and O–H groups in total. The quantitative estimate of drug-likeness (QED) is 0.717. The van der Waals surface area contributed by atoms with E-state index in [1.807, 2.05) is 18.3 Å². The number of hydrogen-bond acceptors (Lipinski definition) is 2. The summed E-state index contributed by atoms with van der Waals surface area (Å²) in [6, 6.07) is 14.5.